The van der Waals surface area contributed by atoms with Crippen LogP contribution in [0.5, 0.6) is 0 Å². The maximum atomic E-state index is 10.2. The first-order chi connectivity index (χ1) is 5.79. The van der Waals surface area contributed by atoms with Crippen LogP contribution in [0.2, 0.25) is 0 Å². The van der Waals surface area contributed by atoms with Gasteiger partial charge in [-0.15, -0.1) is 0 Å². The molecule has 1 aliphatic carbocycles. The molecule has 0 atom stereocenters. The molecule has 0 bridgehead atoms. The second-order valence-electron chi connectivity index (χ2n) is 3.79. The van der Waals surface area contributed by atoms with Gasteiger partial charge in [0.25, 0.3) is 0 Å². The summed E-state index contributed by atoms with van der Waals surface area (Å²) in [5.74, 6) is 0.184. The van der Waals surface area contributed by atoms with Gasteiger partial charge in [0.1, 0.15) is 0 Å². The van der Waals surface area contributed by atoms with Crippen LogP contribution in [0.25, 0.3) is 0 Å². The molecule has 0 aromatic carbocycles. The second-order valence-corrected chi connectivity index (χ2v) is 3.79. The Bertz CT molecular complexity index is 142. The molecule has 3 heteroatoms. The van der Waals surface area contributed by atoms with Crippen LogP contribution < -0.4 is 0 Å². The zero-order chi connectivity index (χ0) is 8.81. The first-order valence-corrected chi connectivity index (χ1v) is 5.01. The van der Waals surface area contributed by atoms with Crippen LogP contribution in [-0.4, -0.2) is 11.1 Å². The van der Waals surface area contributed by atoms with E-state index in [2.05, 4.69) is 0 Å². The number of hydrogen-bond acceptors (Lipinski definition) is 1. The molecule has 0 unspecified atom stereocenters. The fourth-order valence-corrected chi connectivity index (χ4v) is 2.02. The summed E-state index contributed by atoms with van der Waals surface area (Å²) < 4.78 is 0. The van der Waals surface area contributed by atoms with Gasteiger partial charge in [-0.3, -0.25) is 4.79 Å². The Hall–Kier alpha value is 0.210. The van der Waals surface area contributed by atoms with Crippen molar-refractivity contribution in [3.05, 3.63) is 0 Å². The van der Waals surface area contributed by atoms with Crippen molar-refractivity contribution in [3.63, 3.8) is 0 Å². The summed E-state index contributed by atoms with van der Waals surface area (Å²) in [7, 11) is 0. The Morgan fingerprint density at radius 2 is 1.85 bits per heavy atom. The first-order valence-electron chi connectivity index (χ1n) is 5.01. The molecular formula is C10H18AgO2. The van der Waals surface area contributed by atoms with Crippen LogP contribution in [0.1, 0.15) is 51.4 Å². The van der Waals surface area contributed by atoms with Gasteiger partial charge in [-0.2, -0.15) is 0 Å². The molecule has 2 nitrogen and oxygen atoms in total. The van der Waals surface area contributed by atoms with E-state index < -0.39 is 5.97 Å². The van der Waals surface area contributed by atoms with Crippen LogP contribution in [0.15, 0.2) is 0 Å². The zero-order valence-electron chi connectivity index (χ0n) is 7.89. The van der Waals surface area contributed by atoms with Gasteiger partial charge in [-0.25, -0.2) is 0 Å². The smallest absolute Gasteiger partial charge is 0.303 e. The zero-order valence-corrected chi connectivity index (χ0v) is 9.37. The van der Waals surface area contributed by atoms with Gasteiger partial charge in [0.2, 0.25) is 0 Å². The average Bonchev–Trinajstić information content (AvgIpc) is 2.05. The van der Waals surface area contributed by atoms with Gasteiger partial charge in [-0.05, 0) is 18.8 Å². The third-order valence-electron chi connectivity index (χ3n) is 2.73. The van der Waals surface area contributed by atoms with E-state index in [0.717, 1.165) is 18.8 Å². The summed E-state index contributed by atoms with van der Waals surface area (Å²) in [6, 6.07) is 0. The molecule has 1 rings (SSSR count). The Kier molecular flexibility index (Phi) is 7.72. The van der Waals surface area contributed by atoms with E-state index in [-0.39, 0.29) is 22.4 Å². The molecule has 13 heavy (non-hydrogen) atoms. The topological polar surface area (TPSA) is 37.3 Å². The van der Waals surface area contributed by atoms with E-state index >= 15 is 0 Å². The van der Waals surface area contributed by atoms with Gasteiger partial charge < -0.3 is 5.11 Å². The van der Waals surface area contributed by atoms with Crippen molar-refractivity contribution in [1.29, 1.82) is 0 Å². The number of carboxylic acid groups (broad SMARTS) is 1. The summed E-state index contributed by atoms with van der Waals surface area (Å²) in [6.45, 7) is 0. The number of carbonyl (C=O) groups is 1. The molecule has 81 valence electrons. The molecule has 1 aliphatic rings. The largest absolute Gasteiger partial charge is 0.481 e. The quantitative estimate of drug-likeness (QED) is 0.803. The third kappa shape index (κ3) is 6.30. The molecule has 1 saturated carbocycles. The van der Waals surface area contributed by atoms with Crippen LogP contribution in [0.3, 0.4) is 0 Å². The van der Waals surface area contributed by atoms with Crippen molar-refractivity contribution in [2.45, 2.75) is 51.4 Å². The average molecular weight is 278 g/mol. The van der Waals surface area contributed by atoms with Gasteiger partial charge in [0.05, 0.1) is 0 Å². The maximum absolute atomic E-state index is 10.2. The van der Waals surface area contributed by atoms with E-state index in [1.54, 1.807) is 0 Å². The van der Waals surface area contributed by atoms with E-state index in [1.807, 2.05) is 0 Å². The molecular weight excluding hydrogens is 260 g/mol. The molecule has 0 aromatic rings. The third-order valence-corrected chi connectivity index (χ3v) is 2.73. The van der Waals surface area contributed by atoms with Crippen molar-refractivity contribution in [3.8, 4) is 0 Å². The standard InChI is InChI=1S/C10H18O2.Ag/c11-10(12)8-4-7-9-5-2-1-3-6-9;/h9H,1-8H2,(H,11,12);. The Morgan fingerprint density at radius 3 is 2.38 bits per heavy atom. The minimum atomic E-state index is -0.647. The summed E-state index contributed by atoms with van der Waals surface area (Å²) in [6.07, 6.45) is 9.13. The molecule has 0 aromatic heterocycles. The van der Waals surface area contributed by atoms with Crippen LogP contribution in [0, 0.1) is 5.92 Å². The SMILES string of the molecule is O=C(O)CCCC1CCCCC1.[Ag]. The number of rotatable bonds is 4. The summed E-state index contributed by atoms with van der Waals surface area (Å²) in [5, 5.41) is 8.44. The van der Waals surface area contributed by atoms with Gasteiger partial charge in [0.15, 0.2) is 0 Å². The monoisotopic (exact) mass is 277 g/mol. The van der Waals surface area contributed by atoms with E-state index in [4.69, 9.17) is 5.11 Å². The number of carboxylic acids is 1. The van der Waals surface area contributed by atoms with E-state index in [9.17, 15) is 4.79 Å². The Morgan fingerprint density at radius 1 is 1.23 bits per heavy atom. The fraction of sp³-hybridized carbons (Fsp3) is 0.900. The van der Waals surface area contributed by atoms with Crippen molar-refractivity contribution < 1.29 is 32.3 Å². The maximum Gasteiger partial charge on any atom is 0.303 e. The number of hydrogen-bond donors (Lipinski definition) is 1. The Balaban J connectivity index is 0.00000144. The Labute approximate surface area is 95.6 Å². The fourth-order valence-electron chi connectivity index (χ4n) is 2.02. The normalized spacial score (nSPS) is 17.8. The second kappa shape index (κ2) is 7.60. The van der Waals surface area contributed by atoms with E-state index in [0.29, 0.717) is 6.42 Å². The molecule has 0 saturated heterocycles. The van der Waals surface area contributed by atoms with Crippen molar-refractivity contribution >= 4 is 5.97 Å². The minimum Gasteiger partial charge on any atom is -0.481 e. The molecule has 1 N–H and O–H groups in total. The molecule has 0 heterocycles. The van der Waals surface area contributed by atoms with Gasteiger partial charge in [0, 0.05) is 28.8 Å². The van der Waals surface area contributed by atoms with Crippen LogP contribution in [0.4, 0.5) is 0 Å². The minimum absolute atomic E-state index is 0. The van der Waals surface area contributed by atoms with E-state index in [1.165, 1.54) is 32.1 Å². The number of aliphatic carboxylic acids is 1. The molecule has 0 aliphatic heterocycles. The summed E-state index contributed by atoms with van der Waals surface area (Å²) in [4.78, 5) is 10.2. The molecule has 1 fully saturated rings. The van der Waals surface area contributed by atoms with Gasteiger partial charge in [-0.1, -0.05) is 32.1 Å². The van der Waals surface area contributed by atoms with Crippen molar-refractivity contribution in [2.75, 3.05) is 0 Å². The molecule has 0 spiro atoms. The predicted molar refractivity (Wildman–Crippen MR) is 48.1 cm³/mol. The van der Waals surface area contributed by atoms with Crippen LogP contribution in [-0.2, 0) is 27.2 Å². The summed E-state index contributed by atoms with van der Waals surface area (Å²) in [5.41, 5.74) is 0. The molecule has 1 radical (unpaired) electrons. The summed E-state index contributed by atoms with van der Waals surface area (Å²) >= 11 is 0. The molecule has 0 amide bonds. The van der Waals surface area contributed by atoms with Crippen molar-refractivity contribution in [1.82, 2.24) is 0 Å². The first kappa shape index (κ1) is 13.2. The van der Waals surface area contributed by atoms with Crippen LogP contribution >= 0.6 is 0 Å². The van der Waals surface area contributed by atoms with Gasteiger partial charge >= 0.3 is 5.97 Å². The van der Waals surface area contributed by atoms with Crippen molar-refractivity contribution in [2.24, 2.45) is 5.92 Å². The predicted octanol–water partition coefficient (Wildman–Crippen LogP) is 2.82.